The molecule has 0 atom stereocenters. The summed E-state index contributed by atoms with van der Waals surface area (Å²) in [5.74, 6) is 1.16. The van der Waals surface area contributed by atoms with Crippen LogP contribution in [0.15, 0.2) is 41.0 Å². The Morgan fingerprint density at radius 2 is 2.00 bits per heavy atom. The molecule has 0 saturated heterocycles. The van der Waals surface area contributed by atoms with Gasteiger partial charge in [0.2, 0.25) is 0 Å². The number of ether oxygens (including phenoxy) is 1. The summed E-state index contributed by atoms with van der Waals surface area (Å²) in [4.78, 5) is 0. The van der Waals surface area contributed by atoms with Gasteiger partial charge >= 0.3 is 0 Å². The van der Waals surface area contributed by atoms with Crippen molar-refractivity contribution in [3.63, 3.8) is 0 Å². The van der Waals surface area contributed by atoms with Crippen LogP contribution in [0.5, 0.6) is 11.5 Å². The second-order valence-corrected chi connectivity index (χ2v) is 5.18. The number of methoxy groups -OCH3 is 1. The Hall–Kier alpha value is -1.70. The lowest BCUT2D eigenvalue weighted by Gasteiger charge is -2.18. The normalized spacial score (nSPS) is 15.4. The van der Waals surface area contributed by atoms with Crippen molar-refractivity contribution >= 4 is 0 Å². The molecule has 0 aliphatic heterocycles. The first-order valence-electron chi connectivity index (χ1n) is 6.83. The number of rotatable bonds is 4. The van der Waals surface area contributed by atoms with Crippen molar-refractivity contribution < 1.29 is 9.84 Å². The minimum atomic E-state index is 0.358. The zero-order valence-corrected chi connectivity index (χ0v) is 12.0. The minimum absolute atomic E-state index is 0.358. The number of phenols is 1. The van der Waals surface area contributed by atoms with Crippen LogP contribution in [0.2, 0.25) is 0 Å². The Bertz CT molecular complexity index is 524. The zero-order chi connectivity index (χ0) is 13.8. The second-order valence-electron chi connectivity index (χ2n) is 5.18. The van der Waals surface area contributed by atoms with Gasteiger partial charge in [-0.05, 0) is 68.9 Å². The molecule has 2 heteroatoms. The van der Waals surface area contributed by atoms with Gasteiger partial charge in [-0.2, -0.15) is 0 Å². The number of benzene rings is 1. The van der Waals surface area contributed by atoms with Gasteiger partial charge in [-0.25, -0.2) is 0 Å². The molecule has 19 heavy (non-hydrogen) atoms. The summed E-state index contributed by atoms with van der Waals surface area (Å²) in [7, 11) is 1.65. The molecular weight excluding hydrogens is 236 g/mol. The van der Waals surface area contributed by atoms with Crippen molar-refractivity contribution in [3.05, 3.63) is 46.6 Å². The lowest BCUT2D eigenvalue weighted by Crippen LogP contribution is -2.00. The maximum Gasteiger partial charge on any atom is 0.119 e. The molecule has 1 aliphatic rings. The summed E-state index contributed by atoms with van der Waals surface area (Å²) >= 11 is 0. The van der Waals surface area contributed by atoms with Crippen LogP contribution < -0.4 is 4.74 Å². The molecule has 0 bridgehead atoms. The SMILES string of the molecule is COc1ccc(O)c(CCC2=C(C)CCC=C2C)c1. The molecule has 0 saturated carbocycles. The predicted molar refractivity (Wildman–Crippen MR) is 78.7 cm³/mol. The Kier molecular flexibility index (Phi) is 4.31. The highest BCUT2D eigenvalue weighted by atomic mass is 16.5. The van der Waals surface area contributed by atoms with Gasteiger partial charge in [0.1, 0.15) is 11.5 Å². The molecule has 0 amide bonds. The molecule has 0 aromatic heterocycles. The molecule has 1 aromatic carbocycles. The number of aromatic hydroxyl groups is 1. The van der Waals surface area contributed by atoms with Crippen molar-refractivity contribution in [1.29, 1.82) is 0 Å². The van der Waals surface area contributed by atoms with E-state index in [0.29, 0.717) is 5.75 Å². The van der Waals surface area contributed by atoms with E-state index >= 15 is 0 Å². The third-order valence-electron chi connectivity index (χ3n) is 3.89. The molecule has 0 heterocycles. The van der Waals surface area contributed by atoms with Gasteiger partial charge in [-0.3, -0.25) is 0 Å². The average molecular weight is 258 g/mol. The molecule has 0 radical (unpaired) electrons. The van der Waals surface area contributed by atoms with E-state index in [0.717, 1.165) is 37.0 Å². The van der Waals surface area contributed by atoms with Crippen LogP contribution in [-0.4, -0.2) is 12.2 Å². The van der Waals surface area contributed by atoms with Gasteiger partial charge in [0, 0.05) is 0 Å². The van der Waals surface area contributed by atoms with Crippen LogP contribution in [0.1, 0.15) is 38.7 Å². The number of phenolic OH excluding ortho intramolecular Hbond substituents is 1. The largest absolute Gasteiger partial charge is 0.508 e. The molecule has 2 nitrogen and oxygen atoms in total. The quantitative estimate of drug-likeness (QED) is 0.868. The van der Waals surface area contributed by atoms with Gasteiger partial charge in [0.15, 0.2) is 0 Å². The van der Waals surface area contributed by atoms with E-state index in [1.807, 2.05) is 6.07 Å². The van der Waals surface area contributed by atoms with Crippen molar-refractivity contribution in [3.8, 4) is 11.5 Å². The van der Waals surface area contributed by atoms with Gasteiger partial charge in [-0.15, -0.1) is 0 Å². The number of hydrogen-bond acceptors (Lipinski definition) is 2. The van der Waals surface area contributed by atoms with E-state index in [4.69, 9.17) is 4.74 Å². The highest BCUT2D eigenvalue weighted by molar-refractivity contribution is 5.42. The summed E-state index contributed by atoms with van der Waals surface area (Å²) in [5, 5.41) is 9.91. The fraction of sp³-hybridized carbons (Fsp3) is 0.412. The molecule has 0 spiro atoms. The minimum Gasteiger partial charge on any atom is -0.508 e. The van der Waals surface area contributed by atoms with Crippen LogP contribution in [0.25, 0.3) is 0 Å². The molecule has 0 fully saturated rings. The lowest BCUT2D eigenvalue weighted by atomic mass is 9.88. The van der Waals surface area contributed by atoms with E-state index in [1.54, 1.807) is 19.2 Å². The lowest BCUT2D eigenvalue weighted by molar-refractivity contribution is 0.410. The van der Waals surface area contributed by atoms with Gasteiger partial charge in [0.25, 0.3) is 0 Å². The monoisotopic (exact) mass is 258 g/mol. The van der Waals surface area contributed by atoms with Crippen molar-refractivity contribution in [2.45, 2.75) is 39.5 Å². The fourth-order valence-electron chi connectivity index (χ4n) is 2.68. The van der Waals surface area contributed by atoms with Crippen molar-refractivity contribution in [1.82, 2.24) is 0 Å². The molecule has 102 valence electrons. The molecule has 2 rings (SSSR count). The second kappa shape index (κ2) is 5.96. The molecular formula is C17H22O2. The van der Waals surface area contributed by atoms with Gasteiger partial charge in [-0.1, -0.05) is 17.2 Å². The third kappa shape index (κ3) is 3.19. The van der Waals surface area contributed by atoms with Gasteiger partial charge < -0.3 is 9.84 Å². The van der Waals surface area contributed by atoms with Gasteiger partial charge in [0.05, 0.1) is 7.11 Å². The van der Waals surface area contributed by atoms with Crippen LogP contribution in [-0.2, 0) is 6.42 Å². The summed E-state index contributed by atoms with van der Waals surface area (Å²) < 4.78 is 5.21. The van der Waals surface area contributed by atoms with Crippen LogP contribution in [0.3, 0.4) is 0 Å². The van der Waals surface area contributed by atoms with E-state index in [9.17, 15) is 5.11 Å². The van der Waals surface area contributed by atoms with Crippen LogP contribution >= 0.6 is 0 Å². The maximum atomic E-state index is 9.91. The summed E-state index contributed by atoms with van der Waals surface area (Å²) in [5.41, 5.74) is 5.29. The molecule has 1 N–H and O–H groups in total. The fourth-order valence-corrected chi connectivity index (χ4v) is 2.68. The topological polar surface area (TPSA) is 29.5 Å². The smallest absolute Gasteiger partial charge is 0.119 e. The first kappa shape index (κ1) is 13.7. The summed E-state index contributed by atoms with van der Waals surface area (Å²) in [6.45, 7) is 4.40. The highest BCUT2D eigenvalue weighted by Gasteiger charge is 2.11. The van der Waals surface area contributed by atoms with E-state index in [-0.39, 0.29) is 0 Å². The Morgan fingerprint density at radius 3 is 2.68 bits per heavy atom. The Labute approximate surface area is 115 Å². The van der Waals surface area contributed by atoms with E-state index < -0.39 is 0 Å². The molecule has 1 aromatic rings. The zero-order valence-electron chi connectivity index (χ0n) is 12.0. The summed E-state index contributed by atoms with van der Waals surface area (Å²) in [6, 6.07) is 5.42. The number of allylic oxidation sites excluding steroid dienone is 4. The highest BCUT2D eigenvalue weighted by Crippen LogP contribution is 2.30. The summed E-state index contributed by atoms with van der Waals surface area (Å²) in [6.07, 6.45) is 6.46. The van der Waals surface area contributed by atoms with Crippen LogP contribution in [0, 0.1) is 0 Å². The first-order valence-corrected chi connectivity index (χ1v) is 6.83. The van der Waals surface area contributed by atoms with Crippen molar-refractivity contribution in [2.75, 3.05) is 7.11 Å². The Morgan fingerprint density at radius 1 is 1.21 bits per heavy atom. The van der Waals surface area contributed by atoms with Crippen molar-refractivity contribution in [2.24, 2.45) is 0 Å². The first-order chi connectivity index (χ1) is 9.11. The number of hydrogen-bond donors (Lipinski definition) is 1. The predicted octanol–water partition coefficient (Wildman–Crippen LogP) is 4.39. The standard InChI is InChI=1S/C17H22O2/c1-12-5-4-6-13(2)16(12)9-7-14-11-15(19-3)8-10-17(14)18/h5,8,10-11,18H,4,6-7,9H2,1-3H3. The average Bonchev–Trinajstić information content (AvgIpc) is 2.40. The number of aryl methyl sites for hydroxylation is 1. The van der Waals surface area contributed by atoms with Crippen LogP contribution in [0.4, 0.5) is 0 Å². The maximum absolute atomic E-state index is 9.91. The van der Waals surface area contributed by atoms with E-state index in [1.165, 1.54) is 16.7 Å². The van der Waals surface area contributed by atoms with E-state index in [2.05, 4.69) is 19.9 Å². The molecule has 0 unspecified atom stereocenters. The Balaban J connectivity index is 2.12. The third-order valence-corrected chi connectivity index (χ3v) is 3.89. The molecule has 1 aliphatic carbocycles.